The third kappa shape index (κ3) is 1.61. The van der Waals surface area contributed by atoms with Crippen LogP contribution in [0.25, 0.3) is 0 Å². The first-order chi connectivity index (χ1) is 6.29. The van der Waals surface area contributed by atoms with E-state index >= 15 is 0 Å². The molecule has 3 heteroatoms. The summed E-state index contributed by atoms with van der Waals surface area (Å²) in [4.78, 5) is 0. The second kappa shape index (κ2) is 3.50. The number of nitrogens with zero attached hydrogens (tertiary/aromatic N) is 1. The number of aromatic nitrogens is 2. The fourth-order valence-electron chi connectivity index (χ4n) is 2.27. The number of hydrogen-bond donors (Lipinski definition) is 2. The standard InChI is InChI=1S/C10H17N3/c1-7-10(8(2)13-12-7)9-3-5-11-6-4-9/h9,11H,3-6H2,1-2H3,(H,12,13). The smallest absolute Gasteiger partial charge is 0.0628 e. The van der Waals surface area contributed by atoms with E-state index in [-0.39, 0.29) is 0 Å². The van der Waals surface area contributed by atoms with E-state index in [1.807, 2.05) is 0 Å². The largest absolute Gasteiger partial charge is 0.317 e. The molecule has 0 radical (unpaired) electrons. The topological polar surface area (TPSA) is 40.7 Å². The van der Waals surface area contributed by atoms with Crippen LogP contribution >= 0.6 is 0 Å². The van der Waals surface area contributed by atoms with Crippen LogP contribution in [-0.4, -0.2) is 23.3 Å². The minimum Gasteiger partial charge on any atom is -0.317 e. The molecule has 1 aliphatic rings. The minimum atomic E-state index is 0.722. The zero-order chi connectivity index (χ0) is 9.26. The van der Waals surface area contributed by atoms with Crippen molar-refractivity contribution in [3.05, 3.63) is 17.0 Å². The monoisotopic (exact) mass is 179 g/mol. The third-order valence-corrected chi connectivity index (χ3v) is 2.93. The lowest BCUT2D eigenvalue weighted by molar-refractivity contribution is 0.458. The molecule has 1 saturated heterocycles. The molecule has 0 aromatic carbocycles. The molecule has 0 saturated carbocycles. The summed E-state index contributed by atoms with van der Waals surface area (Å²) in [6.45, 7) is 6.52. The zero-order valence-corrected chi connectivity index (χ0v) is 8.35. The number of aromatic amines is 1. The lowest BCUT2D eigenvalue weighted by Crippen LogP contribution is -2.27. The van der Waals surface area contributed by atoms with Crippen molar-refractivity contribution in [1.29, 1.82) is 0 Å². The van der Waals surface area contributed by atoms with Crippen LogP contribution < -0.4 is 5.32 Å². The summed E-state index contributed by atoms with van der Waals surface area (Å²) in [5.41, 5.74) is 3.90. The Balaban J connectivity index is 2.22. The highest BCUT2D eigenvalue weighted by Gasteiger charge is 2.20. The van der Waals surface area contributed by atoms with E-state index in [9.17, 15) is 0 Å². The van der Waals surface area contributed by atoms with Crippen molar-refractivity contribution in [2.75, 3.05) is 13.1 Å². The number of hydrogen-bond acceptors (Lipinski definition) is 2. The van der Waals surface area contributed by atoms with Crippen LogP contribution in [0.4, 0.5) is 0 Å². The Morgan fingerprint density at radius 3 is 2.46 bits per heavy atom. The van der Waals surface area contributed by atoms with Crippen molar-refractivity contribution in [1.82, 2.24) is 15.5 Å². The second-order valence-electron chi connectivity index (χ2n) is 3.87. The van der Waals surface area contributed by atoms with Crippen LogP contribution in [0.1, 0.15) is 35.7 Å². The van der Waals surface area contributed by atoms with Gasteiger partial charge in [-0.3, -0.25) is 5.10 Å². The van der Waals surface area contributed by atoms with Crippen molar-refractivity contribution < 1.29 is 0 Å². The van der Waals surface area contributed by atoms with Crippen LogP contribution in [0.5, 0.6) is 0 Å². The molecule has 0 atom stereocenters. The van der Waals surface area contributed by atoms with Crippen LogP contribution in [0, 0.1) is 13.8 Å². The molecule has 0 bridgehead atoms. The van der Waals surface area contributed by atoms with Crippen LogP contribution in [0.3, 0.4) is 0 Å². The highest BCUT2D eigenvalue weighted by molar-refractivity contribution is 5.28. The predicted molar refractivity (Wildman–Crippen MR) is 52.9 cm³/mol. The van der Waals surface area contributed by atoms with E-state index in [0.717, 1.165) is 19.0 Å². The lowest BCUT2D eigenvalue weighted by Gasteiger charge is -2.22. The molecule has 2 heterocycles. The first-order valence-electron chi connectivity index (χ1n) is 5.01. The molecular weight excluding hydrogens is 162 g/mol. The number of rotatable bonds is 1. The first-order valence-corrected chi connectivity index (χ1v) is 5.01. The minimum absolute atomic E-state index is 0.722. The van der Waals surface area contributed by atoms with Crippen molar-refractivity contribution >= 4 is 0 Å². The van der Waals surface area contributed by atoms with Gasteiger partial charge in [-0.2, -0.15) is 5.10 Å². The molecule has 1 fully saturated rings. The van der Waals surface area contributed by atoms with Crippen molar-refractivity contribution in [3.63, 3.8) is 0 Å². The molecule has 2 rings (SSSR count). The van der Waals surface area contributed by atoms with Crippen LogP contribution in [-0.2, 0) is 0 Å². The SMILES string of the molecule is Cc1n[nH]c(C)c1C1CCNCC1. The summed E-state index contributed by atoms with van der Waals surface area (Å²) in [5.74, 6) is 0.722. The molecular formula is C10H17N3. The molecule has 13 heavy (non-hydrogen) atoms. The average molecular weight is 179 g/mol. The van der Waals surface area contributed by atoms with Crippen molar-refractivity contribution in [2.45, 2.75) is 32.6 Å². The summed E-state index contributed by atoms with van der Waals surface area (Å²) in [6.07, 6.45) is 2.50. The number of piperidine rings is 1. The Bertz CT molecular complexity index is 265. The maximum absolute atomic E-state index is 4.25. The zero-order valence-electron chi connectivity index (χ0n) is 8.35. The fraction of sp³-hybridized carbons (Fsp3) is 0.700. The van der Waals surface area contributed by atoms with Crippen molar-refractivity contribution in [2.24, 2.45) is 0 Å². The molecule has 3 nitrogen and oxygen atoms in total. The molecule has 1 aliphatic heterocycles. The predicted octanol–water partition coefficient (Wildman–Crippen LogP) is 1.49. The van der Waals surface area contributed by atoms with Crippen LogP contribution in [0.2, 0.25) is 0 Å². The Labute approximate surface area is 78.9 Å². The first kappa shape index (κ1) is 8.75. The van der Waals surface area contributed by atoms with Gasteiger partial charge in [-0.15, -0.1) is 0 Å². The van der Waals surface area contributed by atoms with Gasteiger partial charge in [0.15, 0.2) is 0 Å². The van der Waals surface area contributed by atoms with E-state index in [2.05, 4.69) is 29.4 Å². The quantitative estimate of drug-likeness (QED) is 0.685. The van der Waals surface area contributed by atoms with Gasteiger partial charge in [0.25, 0.3) is 0 Å². The molecule has 0 spiro atoms. The highest BCUT2D eigenvalue weighted by atomic mass is 15.1. The maximum atomic E-state index is 4.25. The maximum Gasteiger partial charge on any atom is 0.0628 e. The Morgan fingerprint density at radius 2 is 1.92 bits per heavy atom. The molecule has 0 aliphatic carbocycles. The van der Waals surface area contributed by atoms with E-state index in [4.69, 9.17) is 0 Å². The number of nitrogens with one attached hydrogen (secondary N) is 2. The highest BCUT2D eigenvalue weighted by Crippen LogP contribution is 2.28. The number of aryl methyl sites for hydroxylation is 2. The molecule has 1 aromatic heterocycles. The lowest BCUT2D eigenvalue weighted by atomic mass is 9.89. The second-order valence-corrected chi connectivity index (χ2v) is 3.87. The van der Waals surface area contributed by atoms with E-state index < -0.39 is 0 Å². The van der Waals surface area contributed by atoms with Gasteiger partial charge in [0, 0.05) is 5.69 Å². The Hall–Kier alpha value is -0.830. The van der Waals surface area contributed by atoms with Gasteiger partial charge in [0.1, 0.15) is 0 Å². The number of H-pyrrole nitrogens is 1. The van der Waals surface area contributed by atoms with Gasteiger partial charge in [0.2, 0.25) is 0 Å². The van der Waals surface area contributed by atoms with Gasteiger partial charge in [-0.05, 0) is 51.3 Å². The average Bonchev–Trinajstić information content (AvgIpc) is 2.48. The summed E-state index contributed by atoms with van der Waals surface area (Å²) in [7, 11) is 0. The van der Waals surface area contributed by atoms with Crippen molar-refractivity contribution in [3.8, 4) is 0 Å². The fourth-order valence-corrected chi connectivity index (χ4v) is 2.27. The summed E-state index contributed by atoms with van der Waals surface area (Å²) >= 11 is 0. The van der Waals surface area contributed by atoms with E-state index in [1.165, 1.54) is 29.8 Å². The molecule has 2 N–H and O–H groups in total. The molecule has 1 aromatic rings. The normalized spacial score (nSPS) is 19.2. The summed E-state index contributed by atoms with van der Waals surface area (Å²) in [6, 6.07) is 0. The molecule has 0 amide bonds. The van der Waals surface area contributed by atoms with Gasteiger partial charge in [-0.1, -0.05) is 0 Å². The van der Waals surface area contributed by atoms with Gasteiger partial charge in [-0.25, -0.2) is 0 Å². The van der Waals surface area contributed by atoms with Crippen LogP contribution in [0.15, 0.2) is 0 Å². The Kier molecular flexibility index (Phi) is 2.36. The molecule has 72 valence electrons. The molecule has 0 unspecified atom stereocenters. The van der Waals surface area contributed by atoms with Gasteiger partial charge in [0.05, 0.1) is 5.69 Å². The van der Waals surface area contributed by atoms with E-state index in [1.54, 1.807) is 0 Å². The summed E-state index contributed by atoms with van der Waals surface area (Å²) in [5, 5.41) is 10.7. The van der Waals surface area contributed by atoms with E-state index in [0.29, 0.717) is 0 Å². The van der Waals surface area contributed by atoms with Gasteiger partial charge < -0.3 is 5.32 Å². The van der Waals surface area contributed by atoms with Gasteiger partial charge >= 0.3 is 0 Å². The Morgan fingerprint density at radius 1 is 1.23 bits per heavy atom. The summed E-state index contributed by atoms with van der Waals surface area (Å²) < 4.78 is 0. The third-order valence-electron chi connectivity index (χ3n) is 2.93.